The zero-order valence-electron chi connectivity index (χ0n) is 39.7. The second kappa shape index (κ2) is 23.3. The molecule has 2 heterocycles. The van der Waals surface area contributed by atoms with Crippen molar-refractivity contribution < 1.29 is 38.1 Å². The normalized spacial score (nSPS) is 18.5. The van der Waals surface area contributed by atoms with E-state index < -0.39 is 11.9 Å². The van der Waals surface area contributed by atoms with Gasteiger partial charge >= 0.3 is 11.9 Å². The van der Waals surface area contributed by atoms with Gasteiger partial charge in [0.2, 0.25) is 11.8 Å². The van der Waals surface area contributed by atoms with Gasteiger partial charge in [0.25, 0.3) is 0 Å². The maximum absolute atomic E-state index is 13.4. The molecule has 2 unspecified atom stereocenters. The first-order valence-electron chi connectivity index (χ1n) is 24.2. The smallest absolute Gasteiger partial charge is 0.336 e. The Morgan fingerprint density at radius 1 is 0.559 bits per heavy atom. The summed E-state index contributed by atoms with van der Waals surface area (Å²) in [5.74, 6) is -0.630. The Balaban J connectivity index is 0.956. The number of nitrogens with zero attached hydrogens (tertiary/aromatic N) is 4. The van der Waals surface area contributed by atoms with E-state index in [2.05, 4.69) is 23.9 Å². The van der Waals surface area contributed by atoms with Gasteiger partial charge in [-0.1, -0.05) is 98.4 Å². The van der Waals surface area contributed by atoms with Crippen molar-refractivity contribution in [1.82, 2.24) is 9.80 Å². The van der Waals surface area contributed by atoms with Crippen molar-refractivity contribution >= 4 is 58.7 Å². The Morgan fingerprint density at radius 3 is 1.35 bits per heavy atom. The van der Waals surface area contributed by atoms with Crippen LogP contribution in [0.5, 0.6) is 23.0 Å². The minimum Gasteiger partial charge on any atom is -0.490 e. The lowest BCUT2D eigenvalue weighted by atomic mass is 9.94. The van der Waals surface area contributed by atoms with E-state index in [0.717, 1.165) is 70.4 Å². The number of fused-ring (bicyclic) bond motifs is 2. The summed E-state index contributed by atoms with van der Waals surface area (Å²) in [4.78, 5) is 63.2. The number of para-hydroxylation sites is 2. The van der Waals surface area contributed by atoms with Crippen LogP contribution in [0.1, 0.15) is 113 Å². The van der Waals surface area contributed by atoms with E-state index in [1.807, 2.05) is 72.8 Å². The molecule has 2 atom stereocenters. The SMILES string of the molecule is CC(=O)N1c2ccccc2SC1c1ccc(OC(=O)/C=C/C(=O)Oc2ccc(C3Sc4ccccc4N3C(C)=O)cc2OCCCN(C)C2CCCCC2)c(OCCCN(C)C2CCCCC2)c1. The van der Waals surface area contributed by atoms with Crippen LogP contribution in [-0.2, 0) is 19.2 Å². The van der Waals surface area contributed by atoms with Crippen LogP contribution in [-0.4, -0.2) is 86.0 Å². The zero-order chi connectivity index (χ0) is 47.6. The Bertz CT molecular complexity index is 2290. The van der Waals surface area contributed by atoms with Crippen LogP contribution < -0.4 is 28.7 Å². The first-order chi connectivity index (χ1) is 33.0. The van der Waals surface area contributed by atoms with Crippen LogP contribution in [0.3, 0.4) is 0 Å². The van der Waals surface area contributed by atoms with Gasteiger partial charge in [-0.3, -0.25) is 19.4 Å². The predicted octanol–water partition coefficient (Wildman–Crippen LogP) is 11.1. The fourth-order valence-corrected chi connectivity index (χ4v) is 12.5. The first kappa shape index (κ1) is 49.2. The van der Waals surface area contributed by atoms with Crippen LogP contribution >= 0.6 is 23.5 Å². The van der Waals surface area contributed by atoms with Gasteiger partial charge in [-0.2, -0.15) is 0 Å². The molecule has 0 N–H and O–H groups in total. The van der Waals surface area contributed by atoms with E-state index in [9.17, 15) is 19.2 Å². The van der Waals surface area contributed by atoms with Crippen LogP contribution in [0.2, 0.25) is 0 Å². The molecule has 12 nitrogen and oxygen atoms in total. The molecule has 0 bridgehead atoms. The van der Waals surface area contributed by atoms with Gasteiger partial charge in [0.1, 0.15) is 10.7 Å². The van der Waals surface area contributed by atoms with E-state index in [0.29, 0.717) is 36.8 Å². The number of carbonyl (C=O) groups excluding carboxylic acids is 4. The quantitative estimate of drug-likeness (QED) is 0.0409. The minimum absolute atomic E-state index is 0.0843. The summed E-state index contributed by atoms with van der Waals surface area (Å²) >= 11 is 3.15. The highest BCUT2D eigenvalue weighted by atomic mass is 32.2. The molecule has 2 fully saturated rings. The standard InChI is InChI=1S/C54H64N4O8S2/c1-37(59)57-43-21-11-13-23-49(43)67-53(57)39-25-27-45(47(35-39)63-33-15-31-55(3)41-17-7-5-8-18-41)65-51(61)29-30-52(62)66-46-28-26-40(54-58(38(2)60)44-22-12-14-24-50(44)68-54)36-48(46)64-34-16-32-56(4)42-19-9-6-10-20-42/h11-14,21-30,35-36,41-42,53-54H,5-10,15-20,31-34H2,1-4H3/b30-29+. The van der Waals surface area contributed by atoms with Crippen molar-refractivity contribution in [2.75, 3.05) is 50.2 Å². The first-order valence-corrected chi connectivity index (χ1v) is 26.0. The zero-order valence-corrected chi connectivity index (χ0v) is 41.4. The summed E-state index contributed by atoms with van der Waals surface area (Å²) in [7, 11) is 4.34. The number of rotatable bonds is 18. The molecular weight excluding hydrogens is 897 g/mol. The highest BCUT2D eigenvalue weighted by Crippen LogP contribution is 2.53. The molecule has 68 heavy (non-hydrogen) atoms. The Morgan fingerprint density at radius 2 is 0.956 bits per heavy atom. The van der Waals surface area contributed by atoms with E-state index in [4.69, 9.17) is 18.9 Å². The third kappa shape index (κ3) is 12.1. The second-order valence-electron chi connectivity index (χ2n) is 18.2. The second-order valence-corrected chi connectivity index (χ2v) is 20.4. The average Bonchev–Trinajstić information content (AvgIpc) is 3.95. The minimum atomic E-state index is -0.791. The molecule has 0 spiro atoms. The van der Waals surface area contributed by atoms with Gasteiger partial charge < -0.3 is 28.7 Å². The number of anilines is 2. The molecule has 0 aromatic heterocycles. The lowest BCUT2D eigenvalue weighted by Gasteiger charge is -2.31. The molecule has 2 saturated carbocycles. The van der Waals surface area contributed by atoms with Crippen LogP contribution in [0.15, 0.2) is 107 Å². The van der Waals surface area contributed by atoms with E-state index in [-0.39, 0.29) is 34.1 Å². The fourth-order valence-electron chi connectivity index (χ4n) is 9.79. The number of carbonyl (C=O) groups is 4. The number of ether oxygens (including phenoxy) is 4. The van der Waals surface area contributed by atoms with Gasteiger partial charge in [-0.05, 0) is 112 Å². The predicted molar refractivity (Wildman–Crippen MR) is 269 cm³/mol. The maximum Gasteiger partial charge on any atom is 0.336 e. The van der Waals surface area contributed by atoms with Crippen molar-refractivity contribution in [1.29, 1.82) is 0 Å². The van der Waals surface area contributed by atoms with E-state index in [1.54, 1.807) is 59.3 Å². The summed E-state index contributed by atoms with van der Waals surface area (Å²) in [6.45, 7) is 5.63. The lowest BCUT2D eigenvalue weighted by molar-refractivity contribution is -0.131. The lowest BCUT2D eigenvalue weighted by Crippen LogP contribution is -2.34. The fraction of sp³-hybridized carbons (Fsp3) is 0.444. The average molecular weight is 961 g/mol. The van der Waals surface area contributed by atoms with Gasteiger partial charge in [0.15, 0.2) is 23.0 Å². The molecule has 4 aromatic rings. The van der Waals surface area contributed by atoms with Crippen molar-refractivity contribution in [3.8, 4) is 23.0 Å². The molecule has 8 rings (SSSR count). The number of esters is 2. The molecule has 4 aliphatic rings. The van der Waals surface area contributed by atoms with E-state index >= 15 is 0 Å². The van der Waals surface area contributed by atoms with Gasteiger partial charge in [-0.15, -0.1) is 0 Å². The topological polar surface area (TPSA) is 118 Å². The van der Waals surface area contributed by atoms with Crippen molar-refractivity contribution in [3.05, 3.63) is 108 Å². The monoisotopic (exact) mass is 960 g/mol. The molecule has 4 aromatic carbocycles. The van der Waals surface area contributed by atoms with Crippen molar-refractivity contribution in [2.24, 2.45) is 0 Å². The summed E-state index contributed by atoms with van der Waals surface area (Å²) in [6.07, 6.45) is 16.1. The molecule has 2 amide bonds. The Kier molecular flexibility index (Phi) is 16.9. The summed E-state index contributed by atoms with van der Waals surface area (Å²) in [6, 6.07) is 27.5. The number of amides is 2. The number of hydrogen-bond donors (Lipinski definition) is 0. The van der Waals surface area contributed by atoms with Gasteiger partial charge in [0.05, 0.1) is 24.6 Å². The summed E-state index contributed by atoms with van der Waals surface area (Å²) in [5, 5.41) is -0.674. The Labute approximate surface area is 409 Å². The molecule has 360 valence electrons. The number of benzene rings is 4. The largest absolute Gasteiger partial charge is 0.490 e. The number of hydrogen-bond acceptors (Lipinski definition) is 12. The van der Waals surface area contributed by atoms with Crippen LogP contribution in [0.4, 0.5) is 11.4 Å². The number of thioether (sulfide) groups is 2. The van der Waals surface area contributed by atoms with Crippen molar-refractivity contribution in [3.63, 3.8) is 0 Å². The molecule has 2 aliphatic heterocycles. The summed E-state index contributed by atoms with van der Waals surface area (Å²) in [5.41, 5.74) is 3.34. The van der Waals surface area contributed by atoms with Crippen LogP contribution in [0, 0.1) is 0 Å². The van der Waals surface area contributed by atoms with Crippen LogP contribution in [0.25, 0.3) is 0 Å². The highest BCUT2D eigenvalue weighted by molar-refractivity contribution is 8.00. The Hall–Kier alpha value is -5.28. The third-order valence-corrected chi connectivity index (χ3v) is 16.0. The molecule has 2 aliphatic carbocycles. The molecule has 0 saturated heterocycles. The van der Waals surface area contributed by atoms with Gasteiger partial charge in [0, 0.05) is 61.0 Å². The highest BCUT2D eigenvalue weighted by Gasteiger charge is 2.36. The molecule has 14 heteroatoms. The van der Waals surface area contributed by atoms with Gasteiger partial charge in [-0.25, -0.2) is 9.59 Å². The van der Waals surface area contributed by atoms with Crippen molar-refractivity contribution in [2.45, 2.75) is 124 Å². The summed E-state index contributed by atoms with van der Waals surface area (Å²) < 4.78 is 24.4. The molecule has 0 radical (unpaired) electrons. The van der Waals surface area contributed by atoms with E-state index in [1.165, 1.54) is 64.2 Å². The molecular formula is C54H64N4O8S2. The maximum atomic E-state index is 13.4. The third-order valence-electron chi connectivity index (χ3n) is 13.4.